The number of ether oxygens (including phenoxy) is 1. The Balaban J connectivity index is 2.04. The highest BCUT2D eigenvalue weighted by molar-refractivity contribution is 4.75. The number of unbranched alkanes of at least 4 members (excludes halogenated alkanes) is 3. The molecule has 0 aliphatic carbocycles. The summed E-state index contributed by atoms with van der Waals surface area (Å²) in [5.41, 5.74) is 6.11. The van der Waals surface area contributed by atoms with Gasteiger partial charge in [-0.3, -0.25) is 0 Å². The van der Waals surface area contributed by atoms with E-state index in [1.807, 2.05) is 0 Å². The second-order valence-corrected chi connectivity index (χ2v) is 4.42. The highest BCUT2D eigenvalue weighted by Gasteiger charge is 2.20. The molecule has 84 valence electrons. The Morgan fingerprint density at radius 1 is 1.29 bits per heavy atom. The van der Waals surface area contributed by atoms with Crippen LogP contribution < -0.4 is 5.73 Å². The minimum atomic E-state index is 0.284. The van der Waals surface area contributed by atoms with E-state index in [1.54, 1.807) is 0 Å². The largest absolute Gasteiger partial charge is 0.377 e. The van der Waals surface area contributed by atoms with E-state index in [-0.39, 0.29) is 6.04 Å². The number of hydrogen-bond donors (Lipinski definition) is 1. The maximum absolute atomic E-state index is 6.11. The minimum absolute atomic E-state index is 0.284. The first kappa shape index (κ1) is 12.0. The first-order valence-electron chi connectivity index (χ1n) is 6.21. The second kappa shape index (κ2) is 7.24. The summed E-state index contributed by atoms with van der Waals surface area (Å²) in [6, 6.07) is 0.284. The lowest BCUT2D eigenvalue weighted by molar-refractivity contribution is -0.00144. The zero-order chi connectivity index (χ0) is 10.2. The Kier molecular flexibility index (Phi) is 6.20. The molecule has 0 bridgehead atoms. The molecule has 1 aliphatic rings. The van der Waals surface area contributed by atoms with E-state index < -0.39 is 0 Å². The van der Waals surface area contributed by atoms with E-state index >= 15 is 0 Å². The van der Waals surface area contributed by atoms with Crippen molar-refractivity contribution < 1.29 is 4.74 Å². The predicted molar refractivity (Wildman–Crippen MR) is 60.3 cm³/mol. The van der Waals surface area contributed by atoms with Crippen LogP contribution >= 0.6 is 0 Å². The lowest BCUT2D eigenvalue weighted by atomic mass is 9.98. The maximum atomic E-state index is 6.11. The predicted octanol–water partition coefficient (Wildman–Crippen LogP) is 2.85. The van der Waals surface area contributed by atoms with Crippen LogP contribution in [0.4, 0.5) is 0 Å². The van der Waals surface area contributed by atoms with Crippen LogP contribution in [0.1, 0.15) is 58.3 Å². The molecule has 2 unspecified atom stereocenters. The van der Waals surface area contributed by atoms with Gasteiger partial charge in [-0.1, -0.05) is 32.6 Å². The van der Waals surface area contributed by atoms with Gasteiger partial charge in [-0.05, 0) is 25.7 Å². The molecule has 1 rings (SSSR count). The lowest BCUT2D eigenvalue weighted by Crippen LogP contribution is -2.38. The van der Waals surface area contributed by atoms with Crippen molar-refractivity contribution in [1.29, 1.82) is 0 Å². The second-order valence-electron chi connectivity index (χ2n) is 4.42. The topological polar surface area (TPSA) is 35.2 Å². The van der Waals surface area contributed by atoms with Gasteiger partial charge in [0.2, 0.25) is 0 Å². The molecule has 0 amide bonds. The van der Waals surface area contributed by atoms with E-state index in [2.05, 4.69) is 6.92 Å². The Hall–Kier alpha value is -0.0800. The van der Waals surface area contributed by atoms with Crippen molar-refractivity contribution in [2.75, 3.05) is 6.61 Å². The summed E-state index contributed by atoms with van der Waals surface area (Å²) in [5, 5.41) is 0. The van der Waals surface area contributed by atoms with Crippen LogP contribution in [0.3, 0.4) is 0 Å². The van der Waals surface area contributed by atoms with Crippen molar-refractivity contribution in [3.63, 3.8) is 0 Å². The molecule has 1 aliphatic heterocycles. The van der Waals surface area contributed by atoms with Crippen molar-refractivity contribution in [2.24, 2.45) is 5.73 Å². The number of rotatable bonds is 6. The molecule has 0 aromatic rings. The van der Waals surface area contributed by atoms with E-state index in [4.69, 9.17) is 10.5 Å². The SMILES string of the molecule is CCCCCCC(N)C1CCCCO1. The molecule has 1 fully saturated rings. The van der Waals surface area contributed by atoms with Crippen LogP contribution in [0.2, 0.25) is 0 Å². The third kappa shape index (κ3) is 4.43. The van der Waals surface area contributed by atoms with Gasteiger partial charge in [0, 0.05) is 12.6 Å². The first-order valence-corrected chi connectivity index (χ1v) is 6.21. The van der Waals surface area contributed by atoms with E-state index in [9.17, 15) is 0 Å². The molecule has 2 heteroatoms. The Bertz CT molecular complexity index is 132. The normalized spacial score (nSPS) is 24.9. The van der Waals surface area contributed by atoms with Crippen LogP contribution in [0.5, 0.6) is 0 Å². The van der Waals surface area contributed by atoms with Crippen molar-refractivity contribution in [1.82, 2.24) is 0 Å². The van der Waals surface area contributed by atoms with E-state index in [0.717, 1.165) is 13.0 Å². The fourth-order valence-corrected chi connectivity index (χ4v) is 2.10. The van der Waals surface area contributed by atoms with Crippen molar-refractivity contribution in [3.8, 4) is 0 Å². The van der Waals surface area contributed by atoms with Gasteiger partial charge < -0.3 is 10.5 Å². The lowest BCUT2D eigenvalue weighted by Gasteiger charge is -2.27. The van der Waals surface area contributed by atoms with Gasteiger partial charge in [-0.25, -0.2) is 0 Å². The van der Waals surface area contributed by atoms with Gasteiger partial charge in [0.15, 0.2) is 0 Å². The zero-order valence-corrected chi connectivity index (χ0v) is 9.50. The standard InChI is InChI=1S/C12H25NO/c1-2-3-4-5-8-11(13)12-9-6-7-10-14-12/h11-12H,2-10,13H2,1H3. The van der Waals surface area contributed by atoms with Gasteiger partial charge in [-0.2, -0.15) is 0 Å². The fourth-order valence-electron chi connectivity index (χ4n) is 2.10. The summed E-state index contributed by atoms with van der Waals surface area (Å²) in [6.45, 7) is 3.16. The molecule has 0 saturated carbocycles. The molecule has 0 radical (unpaired) electrons. The van der Waals surface area contributed by atoms with Crippen LogP contribution in [0.15, 0.2) is 0 Å². The van der Waals surface area contributed by atoms with Gasteiger partial charge >= 0.3 is 0 Å². The van der Waals surface area contributed by atoms with E-state index in [1.165, 1.54) is 44.9 Å². The average molecular weight is 199 g/mol. The molecule has 1 saturated heterocycles. The maximum Gasteiger partial charge on any atom is 0.0725 e. The van der Waals surface area contributed by atoms with Gasteiger partial charge in [-0.15, -0.1) is 0 Å². The van der Waals surface area contributed by atoms with Crippen molar-refractivity contribution in [2.45, 2.75) is 70.4 Å². The average Bonchev–Trinajstić information content (AvgIpc) is 2.25. The van der Waals surface area contributed by atoms with Crippen molar-refractivity contribution >= 4 is 0 Å². The Morgan fingerprint density at radius 3 is 2.79 bits per heavy atom. The molecular formula is C12H25NO. The summed E-state index contributed by atoms with van der Waals surface area (Å²) in [5.74, 6) is 0. The molecule has 14 heavy (non-hydrogen) atoms. The quantitative estimate of drug-likeness (QED) is 0.668. The van der Waals surface area contributed by atoms with Crippen LogP contribution in [-0.2, 0) is 4.74 Å². The van der Waals surface area contributed by atoms with Crippen LogP contribution in [0, 0.1) is 0 Å². The molecule has 0 aromatic heterocycles. The summed E-state index contributed by atoms with van der Waals surface area (Å²) < 4.78 is 5.67. The van der Waals surface area contributed by atoms with Gasteiger partial charge in [0.25, 0.3) is 0 Å². The Morgan fingerprint density at radius 2 is 2.14 bits per heavy atom. The molecule has 1 heterocycles. The molecule has 0 spiro atoms. The van der Waals surface area contributed by atoms with Gasteiger partial charge in [0.1, 0.15) is 0 Å². The summed E-state index contributed by atoms with van der Waals surface area (Å²) in [4.78, 5) is 0. The fraction of sp³-hybridized carbons (Fsp3) is 1.00. The summed E-state index contributed by atoms with van der Waals surface area (Å²) in [7, 11) is 0. The highest BCUT2D eigenvalue weighted by Crippen LogP contribution is 2.18. The summed E-state index contributed by atoms with van der Waals surface area (Å²) in [6.07, 6.45) is 10.4. The van der Waals surface area contributed by atoms with Crippen LogP contribution in [0.25, 0.3) is 0 Å². The third-order valence-corrected chi connectivity index (χ3v) is 3.08. The minimum Gasteiger partial charge on any atom is -0.377 e. The van der Waals surface area contributed by atoms with Crippen molar-refractivity contribution in [3.05, 3.63) is 0 Å². The number of hydrogen-bond acceptors (Lipinski definition) is 2. The molecule has 2 nitrogen and oxygen atoms in total. The smallest absolute Gasteiger partial charge is 0.0725 e. The zero-order valence-electron chi connectivity index (χ0n) is 9.50. The first-order chi connectivity index (χ1) is 6.84. The molecule has 0 aromatic carbocycles. The highest BCUT2D eigenvalue weighted by atomic mass is 16.5. The Labute approximate surface area is 88.2 Å². The monoisotopic (exact) mass is 199 g/mol. The van der Waals surface area contributed by atoms with E-state index in [0.29, 0.717) is 6.10 Å². The van der Waals surface area contributed by atoms with Crippen LogP contribution in [-0.4, -0.2) is 18.8 Å². The molecule has 2 atom stereocenters. The van der Waals surface area contributed by atoms with Gasteiger partial charge in [0.05, 0.1) is 6.10 Å². The molecular weight excluding hydrogens is 174 g/mol. The molecule has 2 N–H and O–H groups in total. The summed E-state index contributed by atoms with van der Waals surface area (Å²) >= 11 is 0. The number of nitrogens with two attached hydrogens (primary N) is 1. The third-order valence-electron chi connectivity index (χ3n) is 3.08.